The van der Waals surface area contributed by atoms with Gasteiger partial charge in [-0.1, -0.05) is 86.7 Å². The second-order valence-electron chi connectivity index (χ2n) is 10.6. The van der Waals surface area contributed by atoms with E-state index in [9.17, 15) is 10.3 Å². The van der Waals surface area contributed by atoms with Crippen LogP contribution in [0.5, 0.6) is 5.75 Å². The average molecular weight is 723 g/mol. The molecule has 0 aliphatic carbocycles. The molecule has 46 heavy (non-hydrogen) atoms. The van der Waals surface area contributed by atoms with Gasteiger partial charge in [-0.3, -0.25) is 4.79 Å². The number of aliphatic hydroxyl groups excluding tert-OH is 1. The third-order valence-corrected chi connectivity index (χ3v) is 8.58. The first-order valence-electron chi connectivity index (χ1n) is 14.5. The number of hydrogen-bond acceptors (Lipinski definition) is 6. The molecule has 5 rings (SSSR count). The van der Waals surface area contributed by atoms with Crippen LogP contribution in [-0.2, 0) is 22.4 Å². The van der Waals surface area contributed by atoms with Gasteiger partial charge in [0.25, 0.3) is 5.91 Å². The van der Waals surface area contributed by atoms with Crippen molar-refractivity contribution in [2.24, 2.45) is 10.1 Å². The molecular weight excluding hydrogens is 693 g/mol. The van der Waals surface area contributed by atoms with E-state index in [0.29, 0.717) is 64.2 Å². The van der Waals surface area contributed by atoms with E-state index in [0.717, 1.165) is 10.0 Å². The zero-order chi connectivity index (χ0) is 32.5. The summed E-state index contributed by atoms with van der Waals surface area (Å²) in [4.78, 5) is 22.5. The molecule has 1 aliphatic heterocycles. The van der Waals surface area contributed by atoms with Crippen molar-refractivity contribution in [1.29, 1.82) is 0 Å². The Hall–Kier alpha value is -4.05. The van der Waals surface area contributed by atoms with Gasteiger partial charge in [-0.25, -0.2) is 4.99 Å². The van der Waals surface area contributed by atoms with Crippen LogP contribution >= 0.6 is 39.1 Å². The van der Waals surface area contributed by atoms with Gasteiger partial charge in [0.2, 0.25) is 5.90 Å². The summed E-state index contributed by atoms with van der Waals surface area (Å²) in [5, 5.41) is 16.8. The van der Waals surface area contributed by atoms with Crippen molar-refractivity contribution < 1.29 is 19.4 Å². The molecule has 0 spiro atoms. The number of nitrogens with zero attached hydrogens (tertiary/aromatic N) is 4. The molecule has 4 aromatic rings. The number of nitrogens with one attached hydrogen (secondary N) is 1. The number of aliphatic imine (C=N–C) groups is 1. The molecule has 1 heterocycles. The first-order chi connectivity index (χ1) is 22.3. The molecule has 0 fully saturated rings. The largest absolute Gasteiger partial charge is 0.494 e. The summed E-state index contributed by atoms with van der Waals surface area (Å²) in [6, 6.07) is 27.1. The molecule has 12 heteroatoms. The monoisotopic (exact) mass is 721 g/mol. The Morgan fingerprint density at radius 2 is 1.85 bits per heavy atom. The van der Waals surface area contributed by atoms with Gasteiger partial charge in [0, 0.05) is 62.2 Å². The highest BCUT2D eigenvalue weighted by Crippen LogP contribution is 2.46. The average Bonchev–Trinajstić information content (AvgIpc) is 3.43. The number of amides is 1. The summed E-state index contributed by atoms with van der Waals surface area (Å²) in [6.07, 6.45) is 0.186. The molecule has 0 bridgehead atoms. The van der Waals surface area contributed by atoms with E-state index in [2.05, 4.69) is 31.3 Å². The minimum atomic E-state index is -1.55. The smallest absolute Gasteiger partial charge is 0.252 e. The third-order valence-electron chi connectivity index (χ3n) is 7.49. The lowest BCUT2D eigenvalue weighted by Gasteiger charge is -2.31. The van der Waals surface area contributed by atoms with E-state index in [1.807, 2.05) is 30.3 Å². The maximum Gasteiger partial charge on any atom is 0.252 e. The second-order valence-corrected chi connectivity index (χ2v) is 12.3. The van der Waals surface area contributed by atoms with Crippen molar-refractivity contribution in [3.63, 3.8) is 0 Å². The first-order valence-corrected chi connectivity index (χ1v) is 16.1. The van der Waals surface area contributed by atoms with Gasteiger partial charge >= 0.3 is 0 Å². The van der Waals surface area contributed by atoms with Crippen molar-refractivity contribution in [2.45, 2.75) is 30.9 Å². The zero-order valence-electron chi connectivity index (χ0n) is 24.6. The standard InChI is InChI=1S/C34H30BrCl2N5O4/c35-25-10-6-22(7-11-25)16-17-39-33(44)34(21-24-4-1-2-5-30(24)41-42-38)31(28-15-12-26(36)20-29(28)37)46-32(40-34)23-8-13-27(14-9-23)45-19-3-18-43/h1-2,4-15,20,31,43H,3,16-19,21H2,(H,39,44)/t31-,34-/m1/s1. The van der Waals surface area contributed by atoms with Gasteiger partial charge in [-0.15, -0.1) is 0 Å². The highest BCUT2D eigenvalue weighted by atomic mass is 79.9. The molecule has 236 valence electrons. The van der Waals surface area contributed by atoms with Crippen molar-refractivity contribution in [1.82, 2.24) is 5.32 Å². The zero-order valence-corrected chi connectivity index (χ0v) is 27.7. The van der Waals surface area contributed by atoms with Gasteiger partial charge in [0.1, 0.15) is 5.75 Å². The highest BCUT2D eigenvalue weighted by Gasteiger charge is 2.54. The summed E-state index contributed by atoms with van der Waals surface area (Å²) >= 11 is 16.5. The Kier molecular flexibility index (Phi) is 11.2. The molecule has 0 unspecified atom stereocenters. The predicted molar refractivity (Wildman–Crippen MR) is 183 cm³/mol. The molecule has 0 radical (unpaired) electrons. The number of azide groups is 1. The van der Waals surface area contributed by atoms with E-state index >= 15 is 0 Å². The molecule has 1 amide bonds. The predicted octanol–water partition coefficient (Wildman–Crippen LogP) is 8.32. The van der Waals surface area contributed by atoms with E-state index in [1.165, 1.54) is 0 Å². The Labute approximate surface area is 284 Å². The molecule has 0 aromatic heterocycles. The fraction of sp³-hybridized carbons (Fsp3) is 0.235. The third kappa shape index (κ3) is 7.84. The minimum absolute atomic E-state index is 0.0352. The number of hydrogen-bond donors (Lipinski definition) is 2. The fourth-order valence-electron chi connectivity index (χ4n) is 5.19. The van der Waals surface area contributed by atoms with Gasteiger partial charge in [0.15, 0.2) is 11.6 Å². The number of ether oxygens (including phenoxy) is 2. The molecule has 2 N–H and O–H groups in total. The van der Waals surface area contributed by atoms with Crippen LogP contribution in [0.25, 0.3) is 10.4 Å². The van der Waals surface area contributed by atoms with E-state index in [4.69, 9.17) is 42.8 Å². The summed E-state index contributed by atoms with van der Waals surface area (Å²) < 4.78 is 13.2. The molecule has 1 aliphatic rings. The van der Waals surface area contributed by atoms with Crippen LogP contribution in [0, 0.1) is 0 Å². The van der Waals surface area contributed by atoms with Crippen LogP contribution in [0.4, 0.5) is 5.69 Å². The first kappa shape index (κ1) is 33.3. The Morgan fingerprint density at radius 3 is 2.57 bits per heavy atom. The van der Waals surface area contributed by atoms with Gasteiger partial charge < -0.3 is 19.9 Å². The number of rotatable bonds is 13. The number of aliphatic hydroxyl groups is 1. The maximum absolute atomic E-state index is 14.5. The SMILES string of the molecule is [N-]=[N+]=Nc1ccccc1C[C@@]1(C(=O)NCCc2ccc(Br)cc2)N=C(c2ccc(OCCCO)cc2)O[C@@H]1c1ccc(Cl)cc1Cl. The van der Waals surface area contributed by atoms with Crippen LogP contribution in [0.2, 0.25) is 10.0 Å². The molecular formula is C34H30BrCl2N5O4. The summed E-state index contributed by atoms with van der Waals surface area (Å²) in [5.74, 6) is 0.478. The summed E-state index contributed by atoms with van der Waals surface area (Å²) in [6.45, 7) is 0.748. The number of carbonyl (C=O) groups is 1. The van der Waals surface area contributed by atoms with Gasteiger partial charge in [0.05, 0.1) is 6.61 Å². The van der Waals surface area contributed by atoms with Crippen LogP contribution < -0.4 is 10.1 Å². The fourth-order valence-corrected chi connectivity index (χ4v) is 5.97. The van der Waals surface area contributed by atoms with Crippen molar-refractivity contribution >= 4 is 56.6 Å². The van der Waals surface area contributed by atoms with E-state index in [1.54, 1.807) is 60.7 Å². The van der Waals surface area contributed by atoms with E-state index < -0.39 is 11.6 Å². The lowest BCUT2D eigenvalue weighted by atomic mass is 9.81. The molecule has 4 aromatic carbocycles. The van der Waals surface area contributed by atoms with Crippen molar-refractivity contribution in [2.75, 3.05) is 19.8 Å². The number of benzene rings is 4. The molecule has 0 saturated carbocycles. The van der Waals surface area contributed by atoms with E-state index in [-0.39, 0.29) is 24.8 Å². The molecule has 2 atom stereocenters. The lowest BCUT2D eigenvalue weighted by Crippen LogP contribution is -2.50. The molecule has 9 nitrogen and oxygen atoms in total. The van der Waals surface area contributed by atoms with Crippen molar-refractivity contribution in [3.8, 4) is 5.75 Å². The maximum atomic E-state index is 14.5. The van der Waals surface area contributed by atoms with Crippen molar-refractivity contribution in [3.05, 3.63) is 138 Å². The second kappa shape index (κ2) is 15.5. The van der Waals surface area contributed by atoms with Crippen LogP contribution in [0.15, 0.2) is 106 Å². The van der Waals surface area contributed by atoms with Gasteiger partial charge in [-0.2, -0.15) is 0 Å². The molecule has 0 saturated heterocycles. The Bertz CT molecular complexity index is 1760. The lowest BCUT2D eigenvalue weighted by molar-refractivity contribution is -0.128. The van der Waals surface area contributed by atoms with Crippen LogP contribution in [0.3, 0.4) is 0 Å². The minimum Gasteiger partial charge on any atom is -0.494 e. The van der Waals surface area contributed by atoms with Crippen LogP contribution in [0.1, 0.15) is 34.8 Å². The number of carbonyl (C=O) groups excluding carboxylic acids is 1. The van der Waals surface area contributed by atoms with Gasteiger partial charge in [-0.05, 0) is 71.6 Å². The number of halogens is 3. The summed E-state index contributed by atoms with van der Waals surface area (Å²) in [5.41, 5.74) is 10.9. The Morgan fingerprint density at radius 1 is 1.09 bits per heavy atom. The normalized spacial score (nSPS) is 17.0. The summed E-state index contributed by atoms with van der Waals surface area (Å²) in [7, 11) is 0. The Balaban J connectivity index is 1.58. The highest BCUT2D eigenvalue weighted by molar-refractivity contribution is 9.10. The van der Waals surface area contributed by atoms with Crippen LogP contribution in [-0.4, -0.2) is 42.2 Å². The quantitative estimate of drug-likeness (QED) is 0.0622. The topological polar surface area (TPSA) is 129 Å².